The van der Waals surface area contributed by atoms with Crippen LogP contribution in [0.5, 0.6) is 0 Å². The van der Waals surface area contributed by atoms with Gasteiger partial charge in [0.2, 0.25) is 0 Å². The van der Waals surface area contributed by atoms with Gasteiger partial charge in [0.15, 0.2) is 0 Å². The lowest BCUT2D eigenvalue weighted by molar-refractivity contribution is 1.18. The third-order valence-corrected chi connectivity index (χ3v) is 12.1. The van der Waals surface area contributed by atoms with Gasteiger partial charge in [0.05, 0.1) is 39.1 Å². The first kappa shape index (κ1) is 34.1. The summed E-state index contributed by atoms with van der Waals surface area (Å²) in [6, 6.07) is 81.0. The van der Waals surface area contributed by atoms with Gasteiger partial charge in [0.25, 0.3) is 0 Å². The zero-order chi connectivity index (χ0) is 39.6. The highest BCUT2D eigenvalue weighted by Gasteiger charge is 2.18. The molecule has 0 atom stereocenters. The highest BCUT2D eigenvalue weighted by atomic mass is 15.0. The van der Waals surface area contributed by atoms with Gasteiger partial charge in [-0.2, -0.15) is 0 Å². The maximum absolute atomic E-state index is 5.25. The maximum atomic E-state index is 5.25. The molecule has 3 heteroatoms. The summed E-state index contributed by atoms with van der Waals surface area (Å²) in [5.41, 5.74) is 15.8. The molecule has 12 rings (SSSR count). The number of rotatable bonds is 6. The number of aromatic nitrogens is 3. The molecular weight excluding hydrogens is 727 g/mol. The first-order valence-corrected chi connectivity index (χ1v) is 20.5. The van der Waals surface area contributed by atoms with E-state index in [9.17, 15) is 0 Å². The highest BCUT2D eigenvalue weighted by molar-refractivity contribution is 6.13. The summed E-state index contributed by atoms with van der Waals surface area (Å²) in [4.78, 5) is 5.25. The fraction of sp³-hybridized carbons (Fsp3) is 0. The van der Waals surface area contributed by atoms with Crippen LogP contribution >= 0.6 is 0 Å². The van der Waals surface area contributed by atoms with Crippen LogP contribution in [0.25, 0.3) is 111 Å². The summed E-state index contributed by atoms with van der Waals surface area (Å²) in [6.07, 6.45) is 0. The average Bonchev–Trinajstić information content (AvgIpc) is 3.84. The Bertz CT molecular complexity index is 3530. The van der Waals surface area contributed by atoms with Crippen molar-refractivity contribution in [1.29, 1.82) is 0 Å². The smallest absolute Gasteiger partial charge is 0.0716 e. The molecule has 0 aliphatic rings. The van der Waals surface area contributed by atoms with E-state index >= 15 is 0 Å². The Morgan fingerprint density at radius 3 is 1.47 bits per heavy atom. The van der Waals surface area contributed by atoms with Crippen molar-refractivity contribution in [1.82, 2.24) is 14.1 Å². The topological polar surface area (TPSA) is 22.8 Å². The van der Waals surface area contributed by atoms with E-state index in [0.29, 0.717) is 0 Å². The molecule has 0 spiro atoms. The van der Waals surface area contributed by atoms with Crippen LogP contribution in [0.1, 0.15) is 0 Å². The largest absolute Gasteiger partial charge is 0.309 e. The summed E-state index contributed by atoms with van der Waals surface area (Å²) in [5, 5.41) is 7.43. The fourth-order valence-electron chi connectivity index (χ4n) is 9.28. The molecule has 12 aromatic rings. The minimum Gasteiger partial charge on any atom is -0.309 e. The quantitative estimate of drug-likeness (QED) is 0.165. The van der Waals surface area contributed by atoms with Crippen LogP contribution in [0, 0.1) is 0 Å². The minimum absolute atomic E-state index is 0.942. The number of benzene rings is 9. The number of pyridine rings is 1. The Hall–Kier alpha value is -8.01. The molecule has 3 aromatic heterocycles. The zero-order valence-electron chi connectivity index (χ0n) is 32.7. The Kier molecular flexibility index (Phi) is 7.85. The molecule has 3 heterocycles. The van der Waals surface area contributed by atoms with E-state index in [-0.39, 0.29) is 0 Å². The summed E-state index contributed by atoms with van der Waals surface area (Å²) in [5.74, 6) is 0. The first-order valence-electron chi connectivity index (χ1n) is 20.5. The van der Waals surface area contributed by atoms with Crippen LogP contribution in [-0.4, -0.2) is 14.1 Å². The van der Waals surface area contributed by atoms with Gasteiger partial charge in [-0.1, -0.05) is 158 Å². The minimum atomic E-state index is 0.942. The van der Waals surface area contributed by atoms with Crippen molar-refractivity contribution >= 4 is 54.4 Å². The van der Waals surface area contributed by atoms with Crippen LogP contribution in [0.4, 0.5) is 0 Å². The standard InChI is InChI=1S/C57H37N3/c1-3-15-38(16-4-1)44-36-51(40-18-5-2-6-19-40)58-52(37-44)43-21-13-22-45(33-43)59-54-26-11-9-24-47(54)49-34-41(29-31-56(49)59)42-30-32-57-50(35-42)48-25-10-12-27-55(48)60(57)53-28-14-20-39-17-7-8-23-46(39)53/h1-37H. The molecule has 0 amide bonds. The third kappa shape index (κ3) is 5.55. The zero-order valence-corrected chi connectivity index (χ0v) is 32.7. The van der Waals surface area contributed by atoms with Crippen molar-refractivity contribution in [3.05, 3.63) is 224 Å². The molecule has 0 aliphatic heterocycles. The molecule has 0 saturated heterocycles. The van der Waals surface area contributed by atoms with E-state index < -0.39 is 0 Å². The van der Waals surface area contributed by atoms with Crippen molar-refractivity contribution in [2.45, 2.75) is 0 Å². The van der Waals surface area contributed by atoms with Gasteiger partial charge < -0.3 is 9.13 Å². The van der Waals surface area contributed by atoms with E-state index in [1.807, 2.05) is 0 Å². The van der Waals surface area contributed by atoms with Crippen LogP contribution < -0.4 is 0 Å². The van der Waals surface area contributed by atoms with Gasteiger partial charge in [-0.15, -0.1) is 0 Å². The van der Waals surface area contributed by atoms with Gasteiger partial charge in [0, 0.05) is 43.7 Å². The molecule has 0 fully saturated rings. The summed E-state index contributed by atoms with van der Waals surface area (Å²) >= 11 is 0. The Morgan fingerprint density at radius 1 is 0.267 bits per heavy atom. The maximum Gasteiger partial charge on any atom is 0.0716 e. The molecule has 0 saturated carbocycles. The molecule has 9 aromatic carbocycles. The average molecular weight is 764 g/mol. The second-order valence-corrected chi connectivity index (χ2v) is 15.6. The van der Waals surface area contributed by atoms with Gasteiger partial charge in [0.1, 0.15) is 0 Å². The van der Waals surface area contributed by atoms with Crippen LogP contribution in [-0.2, 0) is 0 Å². The Labute approximate surface area is 347 Å². The SMILES string of the molecule is c1ccc(-c2cc(-c3ccccc3)nc(-c3cccc(-n4c5ccccc5c5cc(-c6ccc7c(c6)c6ccccc6n7-c6cccc7ccccc67)ccc54)c3)c2)cc1. The number of nitrogens with zero attached hydrogens (tertiary/aromatic N) is 3. The van der Waals surface area contributed by atoms with E-state index in [0.717, 1.165) is 33.8 Å². The number of hydrogen-bond acceptors (Lipinski definition) is 1. The lowest BCUT2D eigenvalue weighted by Crippen LogP contribution is -1.96. The normalized spacial score (nSPS) is 11.7. The van der Waals surface area contributed by atoms with Crippen molar-refractivity contribution in [2.24, 2.45) is 0 Å². The predicted octanol–water partition coefficient (Wildman–Crippen LogP) is 15.1. The van der Waals surface area contributed by atoms with E-state index in [2.05, 4.69) is 234 Å². The number of hydrogen-bond donors (Lipinski definition) is 0. The third-order valence-electron chi connectivity index (χ3n) is 12.1. The summed E-state index contributed by atoms with van der Waals surface area (Å²) < 4.78 is 4.83. The molecule has 0 radical (unpaired) electrons. The van der Waals surface area contributed by atoms with Crippen molar-refractivity contribution in [3.8, 4) is 56.1 Å². The lowest BCUT2D eigenvalue weighted by Gasteiger charge is -2.13. The molecule has 0 bridgehead atoms. The van der Waals surface area contributed by atoms with E-state index in [1.165, 1.54) is 76.8 Å². The van der Waals surface area contributed by atoms with Crippen molar-refractivity contribution in [3.63, 3.8) is 0 Å². The molecule has 280 valence electrons. The molecule has 3 nitrogen and oxygen atoms in total. The molecule has 0 N–H and O–H groups in total. The molecule has 0 unspecified atom stereocenters. The summed E-state index contributed by atoms with van der Waals surface area (Å²) in [6.45, 7) is 0. The summed E-state index contributed by atoms with van der Waals surface area (Å²) in [7, 11) is 0. The van der Waals surface area contributed by atoms with Crippen LogP contribution in [0.15, 0.2) is 224 Å². The first-order chi connectivity index (χ1) is 29.7. The second kappa shape index (κ2) is 13.8. The molecular formula is C57H37N3. The molecule has 0 aliphatic carbocycles. The number of para-hydroxylation sites is 2. The second-order valence-electron chi connectivity index (χ2n) is 15.6. The fourth-order valence-corrected chi connectivity index (χ4v) is 9.28. The van der Waals surface area contributed by atoms with Gasteiger partial charge >= 0.3 is 0 Å². The molecule has 60 heavy (non-hydrogen) atoms. The van der Waals surface area contributed by atoms with E-state index in [4.69, 9.17) is 4.98 Å². The van der Waals surface area contributed by atoms with Crippen LogP contribution in [0.3, 0.4) is 0 Å². The van der Waals surface area contributed by atoms with Gasteiger partial charge in [-0.3, -0.25) is 0 Å². The van der Waals surface area contributed by atoms with Gasteiger partial charge in [-0.25, -0.2) is 4.98 Å². The Morgan fingerprint density at radius 2 is 0.767 bits per heavy atom. The monoisotopic (exact) mass is 763 g/mol. The Balaban J connectivity index is 0.992. The highest BCUT2D eigenvalue weighted by Crippen LogP contribution is 2.40. The van der Waals surface area contributed by atoms with Crippen molar-refractivity contribution < 1.29 is 0 Å². The lowest BCUT2D eigenvalue weighted by atomic mass is 10.00. The number of fused-ring (bicyclic) bond motifs is 7. The van der Waals surface area contributed by atoms with Crippen molar-refractivity contribution in [2.75, 3.05) is 0 Å². The van der Waals surface area contributed by atoms with Gasteiger partial charge in [-0.05, 0) is 94.4 Å². The van der Waals surface area contributed by atoms with Crippen LogP contribution in [0.2, 0.25) is 0 Å². The predicted molar refractivity (Wildman–Crippen MR) is 252 cm³/mol. The van der Waals surface area contributed by atoms with E-state index in [1.54, 1.807) is 0 Å².